The van der Waals surface area contributed by atoms with Gasteiger partial charge in [-0.25, -0.2) is 0 Å². The lowest BCUT2D eigenvalue weighted by Gasteiger charge is -2.10. The fourth-order valence-electron chi connectivity index (χ4n) is 1.48. The van der Waals surface area contributed by atoms with Gasteiger partial charge in [-0.05, 0) is 6.54 Å². The van der Waals surface area contributed by atoms with Crippen molar-refractivity contribution in [3.63, 3.8) is 0 Å². The van der Waals surface area contributed by atoms with E-state index in [0.29, 0.717) is 13.1 Å². The molecule has 0 spiro atoms. The second-order valence-corrected chi connectivity index (χ2v) is 4.29. The summed E-state index contributed by atoms with van der Waals surface area (Å²) in [6.07, 6.45) is 0. The van der Waals surface area contributed by atoms with Gasteiger partial charge in [0.1, 0.15) is 0 Å². The Bertz CT molecular complexity index is 262. The molecule has 8 nitrogen and oxygen atoms in total. The molecule has 0 atom stereocenters. The SMILES string of the molecule is CCNCCNCCNCCNCC(C(=O)O)C(=O)O. The molecule has 0 aromatic rings. The summed E-state index contributed by atoms with van der Waals surface area (Å²) in [5.74, 6) is -4.02. The van der Waals surface area contributed by atoms with E-state index in [-0.39, 0.29) is 6.54 Å². The average molecular weight is 290 g/mol. The maximum atomic E-state index is 10.6. The van der Waals surface area contributed by atoms with Crippen molar-refractivity contribution in [2.45, 2.75) is 6.92 Å². The number of aliphatic carboxylic acids is 2. The van der Waals surface area contributed by atoms with Crippen LogP contribution < -0.4 is 21.3 Å². The van der Waals surface area contributed by atoms with Crippen LogP contribution in [-0.4, -0.2) is 74.5 Å². The molecule has 0 heterocycles. The Balaban J connectivity index is 3.32. The highest BCUT2D eigenvalue weighted by molar-refractivity contribution is 5.93. The maximum absolute atomic E-state index is 10.6. The summed E-state index contributed by atoms with van der Waals surface area (Å²) in [7, 11) is 0. The topological polar surface area (TPSA) is 123 Å². The summed E-state index contributed by atoms with van der Waals surface area (Å²) in [6, 6.07) is 0. The van der Waals surface area contributed by atoms with Gasteiger partial charge in [-0.2, -0.15) is 0 Å². The van der Waals surface area contributed by atoms with E-state index in [9.17, 15) is 9.59 Å². The van der Waals surface area contributed by atoms with Crippen LogP contribution in [0.25, 0.3) is 0 Å². The molecule has 0 aliphatic carbocycles. The minimum atomic E-state index is -1.39. The van der Waals surface area contributed by atoms with E-state index >= 15 is 0 Å². The Labute approximate surface area is 119 Å². The van der Waals surface area contributed by atoms with Crippen molar-refractivity contribution in [1.82, 2.24) is 21.3 Å². The van der Waals surface area contributed by atoms with Crippen LogP contribution in [0.15, 0.2) is 0 Å². The van der Waals surface area contributed by atoms with Crippen LogP contribution in [0.2, 0.25) is 0 Å². The van der Waals surface area contributed by atoms with Crippen LogP contribution >= 0.6 is 0 Å². The Kier molecular flexibility index (Phi) is 12.0. The van der Waals surface area contributed by atoms with Crippen LogP contribution in [0.4, 0.5) is 0 Å². The number of carboxylic acids is 2. The van der Waals surface area contributed by atoms with Crippen LogP contribution in [0.3, 0.4) is 0 Å². The smallest absolute Gasteiger partial charge is 0.319 e. The van der Waals surface area contributed by atoms with E-state index in [1.165, 1.54) is 0 Å². The molecule has 0 aromatic heterocycles. The summed E-state index contributed by atoms with van der Waals surface area (Å²) >= 11 is 0. The predicted molar refractivity (Wildman–Crippen MR) is 75.9 cm³/mol. The third-order valence-electron chi connectivity index (χ3n) is 2.63. The van der Waals surface area contributed by atoms with Crippen LogP contribution in [0, 0.1) is 5.92 Å². The van der Waals surface area contributed by atoms with Gasteiger partial charge < -0.3 is 31.5 Å². The first kappa shape index (κ1) is 18.8. The number of hydrogen-bond acceptors (Lipinski definition) is 6. The second-order valence-electron chi connectivity index (χ2n) is 4.29. The standard InChI is InChI=1S/C12H26N4O4/c1-2-13-3-4-14-5-6-15-7-8-16-9-10(11(17)18)12(19)20/h10,13-16H,2-9H2,1H3,(H,17,18)(H,19,20). The first-order chi connectivity index (χ1) is 9.59. The van der Waals surface area contributed by atoms with Crippen molar-refractivity contribution >= 4 is 11.9 Å². The zero-order valence-corrected chi connectivity index (χ0v) is 11.9. The molecule has 0 rings (SSSR count). The molecule has 0 saturated carbocycles. The molecule has 6 N–H and O–H groups in total. The first-order valence-electron chi connectivity index (χ1n) is 6.88. The Morgan fingerprint density at radius 2 is 1.20 bits per heavy atom. The normalized spacial score (nSPS) is 10.9. The monoisotopic (exact) mass is 290 g/mol. The Hall–Kier alpha value is -1.22. The Morgan fingerprint density at radius 1 is 0.800 bits per heavy atom. The van der Waals surface area contributed by atoms with Crippen molar-refractivity contribution < 1.29 is 19.8 Å². The summed E-state index contributed by atoms with van der Waals surface area (Å²) in [5.41, 5.74) is 0. The van der Waals surface area contributed by atoms with Gasteiger partial charge in [-0.1, -0.05) is 6.92 Å². The van der Waals surface area contributed by atoms with E-state index in [1.807, 2.05) is 0 Å². The van der Waals surface area contributed by atoms with Gasteiger partial charge in [0.25, 0.3) is 0 Å². The number of carboxylic acid groups (broad SMARTS) is 2. The molecule has 0 saturated heterocycles. The maximum Gasteiger partial charge on any atom is 0.319 e. The third-order valence-corrected chi connectivity index (χ3v) is 2.63. The van der Waals surface area contributed by atoms with Crippen molar-refractivity contribution in [2.24, 2.45) is 5.92 Å². The molecule has 8 heteroatoms. The van der Waals surface area contributed by atoms with Crippen molar-refractivity contribution in [2.75, 3.05) is 52.4 Å². The van der Waals surface area contributed by atoms with Gasteiger partial charge in [0.05, 0.1) is 0 Å². The van der Waals surface area contributed by atoms with Crippen molar-refractivity contribution in [1.29, 1.82) is 0 Å². The quantitative estimate of drug-likeness (QED) is 0.163. The average Bonchev–Trinajstić information content (AvgIpc) is 2.39. The minimum Gasteiger partial charge on any atom is -0.481 e. The molecule has 0 bridgehead atoms. The van der Waals surface area contributed by atoms with Gasteiger partial charge in [0.2, 0.25) is 0 Å². The van der Waals surface area contributed by atoms with Crippen molar-refractivity contribution in [3.05, 3.63) is 0 Å². The summed E-state index contributed by atoms with van der Waals surface area (Å²) in [4.78, 5) is 21.2. The molecule has 0 fully saturated rings. The van der Waals surface area contributed by atoms with E-state index < -0.39 is 17.9 Å². The largest absolute Gasteiger partial charge is 0.481 e. The predicted octanol–water partition coefficient (Wildman–Crippen LogP) is -1.85. The summed E-state index contributed by atoms with van der Waals surface area (Å²) < 4.78 is 0. The molecule has 0 unspecified atom stereocenters. The van der Waals surface area contributed by atoms with Gasteiger partial charge in [0.15, 0.2) is 5.92 Å². The number of nitrogens with one attached hydrogen (secondary N) is 4. The molecular formula is C12H26N4O4. The lowest BCUT2D eigenvalue weighted by atomic mass is 10.1. The highest BCUT2D eigenvalue weighted by atomic mass is 16.4. The second kappa shape index (κ2) is 12.8. The first-order valence-corrected chi connectivity index (χ1v) is 6.88. The molecule has 0 aliphatic rings. The van der Waals surface area contributed by atoms with E-state index in [1.54, 1.807) is 0 Å². The Morgan fingerprint density at radius 3 is 1.60 bits per heavy atom. The molecule has 20 heavy (non-hydrogen) atoms. The third kappa shape index (κ3) is 10.7. The molecule has 0 aliphatic heterocycles. The van der Waals surface area contributed by atoms with Gasteiger partial charge in [-0.3, -0.25) is 9.59 Å². The number of rotatable bonds is 14. The molecule has 0 aromatic carbocycles. The fraction of sp³-hybridized carbons (Fsp3) is 0.833. The lowest BCUT2D eigenvalue weighted by Crippen LogP contribution is -2.38. The highest BCUT2D eigenvalue weighted by Gasteiger charge is 2.24. The zero-order valence-electron chi connectivity index (χ0n) is 11.9. The highest BCUT2D eigenvalue weighted by Crippen LogP contribution is 1.94. The number of likely N-dealkylation sites (N-methyl/N-ethyl adjacent to an activating group) is 1. The van der Waals surface area contributed by atoms with E-state index in [0.717, 1.165) is 32.7 Å². The number of hydrogen-bond donors (Lipinski definition) is 6. The van der Waals surface area contributed by atoms with Crippen molar-refractivity contribution in [3.8, 4) is 0 Å². The van der Waals surface area contributed by atoms with Gasteiger partial charge in [0, 0.05) is 45.8 Å². The summed E-state index contributed by atoms with van der Waals surface area (Å²) in [6.45, 7) is 7.72. The lowest BCUT2D eigenvalue weighted by molar-refractivity contribution is -0.154. The zero-order chi connectivity index (χ0) is 15.2. The molecule has 0 amide bonds. The summed E-state index contributed by atoms with van der Waals surface area (Å²) in [5, 5.41) is 29.8. The van der Waals surface area contributed by atoms with Crippen LogP contribution in [0.5, 0.6) is 0 Å². The molecular weight excluding hydrogens is 264 g/mol. The minimum absolute atomic E-state index is 0.0622. The van der Waals surface area contributed by atoms with Crippen LogP contribution in [-0.2, 0) is 9.59 Å². The van der Waals surface area contributed by atoms with E-state index in [2.05, 4.69) is 28.2 Å². The van der Waals surface area contributed by atoms with Gasteiger partial charge in [-0.15, -0.1) is 0 Å². The number of carbonyl (C=O) groups is 2. The fourth-order valence-corrected chi connectivity index (χ4v) is 1.48. The van der Waals surface area contributed by atoms with Crippen LogP contribution in [0.1, 0.15) is 6.92 Å². The van der Waals surface area contributed by atoms with Gasteiger partial charge >= 0.3 is 11.9 Å². The molecule has 118 valence electrons. The van der Waals surface area contributed by atoms with E-state index in [4.69, 9.17) is 10.2 Å². The molecule has 0 radical (unpaired) electrons.